The summed E-state index contributed by atoms with van der Waals surface area (Å²) in [6.45, 7) is 4.97. The van der Waals surface area contributed by atoms with Crippen molar-refractivity contribution in [2.24, 2.45) is 14.1 Å². The van der Waals surface area contributed by atoms with E-state index in [-0.39, 0.29) is 5.69 Å². The molecule has 3 aromatic heterocycles. The fraction of sp³-hybridized carbons (Fsp3) is 0.346. The third kappa shape index (κ3) is 4.28. The minimum Gasteiger partial charge on any atom is -0.325 e. The first-order chi connectivity index (χ1) is 16.0. The monoisotopic (exact) mass is 442 g/mol. The zero-order chi connectivity index (χ0) is 22.9. The summed E-state index contributed by atoms with van der Waals surface area (Å²) in [5, 5.41) is 3.37. The molecule has 4 aromatic rings. The number of pyridine rings is 2. The van der Waals surface area contributed by atoms with Gasteiger partial charge in [0.15, 0.2) is 0 Å². The van der Waals surface area contributed by atoms with Gasteiger partial charge in [-0.1, -0.05) is 18.2 Å². The molecule has 1 aliphatic rings. The van der Waals surface area contributed by atoms with Crippen LogP contribution in [-0.4, -0.2) is 37.1 Å². The lowest BCUT2D eigenvalue weighted by atomic mass is 9.94. The Bertz CT molecular complexity index is 1350. The Kier molecular flexibility index (Phi) is 5.72. The molecule has 1 aliphatic heterocycles. The summed E-state index contributed by atoms with van der Waals surface area (Å²) in [6.07, 6.45) is 4.08. The lowest BCUT2D eigenvalue weighted by Crippen LogP contribution is -2.34. The number of hydrogen-bond donors (Lipinski definition) is 1. The number of aromatic nitrogens is 4. The molecular formula is C26H30N6O. The van der Waals surface area contributed by atoms with Gasteiger partial charge in [0.05, 0.1) is 11.0 Å². The number of aryl methyl sites for hydroxylation is 3. The molecule has 1 aromatic carbocycles. The van der Waals surface area contributed by atoms with Gasteiger partial charge in [-0.2, -0.15) is 0 Å². The van der Waals surface area contributed by atoms with Crippen LogP contribution in [0, 0.1) is 6.92 Å². The van der Waals surface area contributed by atoms with Crippen molar-refractivity contribution < 1.29 is 0 Å². The first-order valence-electron chi connectivity index (χ1n) is 11.5. The summed E-state index contributed by atoms with van der Waals surface area (Å²) in [7, 11) is 3.66. The van der Waals surface area contributed by atoms with Gasteiger partial charge in [0.1, 0.15) is 11.6 Å². The van der Waals surface area contributed by atoms with Crippen molar-refractivity contribution in [2.45, 2.75) is 32.2 Å². The van der Waals surface area contributed by atoms with Crippen LogP contribution in [0.1, 0.15) is 35.6 Å². The van der Waals surface area contributed by atoms with E-state index in [1.807, 2.05) is 39.2 Å². The highest BCUT2D eigenvalue weighted by molar-refractivity contribution is 5.76. The summed E-state index contributed by atoms with van der Waals surface area (Å²) in [5.41, 5.74) is 5.43. The molecule has 5 rings (SSSR count). The van der Waals surface area contributed by atoms with E-state index in [1.54, 1.807) is 15.3 Å². The number of nitrogens with zero attached hydrogens (tertiary/aromatic N) is 5. The number of hydrogen-bond acceptors (Lipinski definition) is 5. The van der Waals surface area contributed by atoms with Crippen LogP contribution >= 0.6 is 0 Å². The first kappa shape index (κ1) is 21.4. The molecule has 0 aliphatic carbocycles. The normalized spacial score (nSPS) is 16.9. The predicted molar refractivity (Wildman–Crippen MR) is 132 cm³/mol. The molecule has 170 valence electrons. The number of nitrogens with one attached hydrogen (secondary N) is 1. The SMILES string of the molecule is Cc1cccnc1Nc1cccc([C@@H]2CCCN(Cc3ccc4c(c3)n(C)c(=O)n4C)C2)n1. The second-order valence-electron chi connectivity index (χ2n) is 9.04. The lowest BCUT2D eigenvalue weighted by molar-refractivity contribution is 0.198. The fourth-order valence-corrected chi connectivity index (χ4v) is 4.84. The number of fused-ring (bicyclic) bond motifs is 1. The molecule has 1 atom stereocenters. The number of piperidine rings is 1. The molecule has 4 heterocycles. The van der Waals surface area contributed by atoms with E-state index in [0.29, 0.717) is 5.92 Å². The second-order valence-corrected chi connectivity index (χ2v) is 9.04. The summed E-state index contributed by atoms with van der Waals surface area (Å²) < 4.78 is 3.43. The summed E-state index contributed by atoms with van der Waals surface area (Å²) >= 11 is 0. The van der Waals surface area contributed by atoms with E-state index in [4.69, 9.17) is 4.98 Å². The lowest BCUT2D eigenvalue weighted by Gasteiger charge is -2.32. The Morgan fingerprint density at radius 3 is 2.76 bits per heavy atom. The van der Waals surface area contributed by atoms with Crippen LogP contribution in [0.4, 0.5) is 11.6 Å². The van der Waals surface area contributed by atoms with Crippen LogP contribution in [0.3, 0.4) is 0 Å². The first-order valence-corrected chi connectivity index (χ1v) is 11.5. The van der Waals surface area contributed by atoms with E-state index >= 15 is 0 Å². The summed E-state index contributed by atoms with van der Waals surface area (Å²) in [6, 6.07) is 16.5. The molecular weight excluding hydrogens is 412 g/mol. The van der Waals surface area contributed by atoms with Gasteiger partial charge in [-0.05, 0) is 67.8 Å². The van der Waals surface area contributed by atoms with Crippen molar-refractivity contribution in [2.75, 3.05) is 18.4 Å². The fourth-order valence-electron chi connectivity index (χ4n) is 4.84. The van der Waals surface area contributed by atoms with Crippen molar-refractivity contribution in [3.63, 3.8) is 0 Å². The molecule has 0 unspecified atom stereocenters. The van der Waals surface area contributed by atoms with E-state index in [2.05, 4.69) is 45.5 Å². The highest BCUT2D eigenvalue weighted by atomic mass is 16.1. The highest BCUT2D eigenvalue weighted by Crippen LogP contribution is 2.28. The van der Waals surface area contributed by atoms with Gasteiger partial charge in [0.2, 0.25) is 0 Å². The molecule has 1 N–H and O–H groups in total. The standard InChI is InChI=1S/C26H30N6O/c1-18-7-5-13-27-25(18)29-24-10-4-9-21(28-24)20-8-6-14-32(17-20)16-19-11-12-22-23(15-19)31(3)26(33)30(22)2/h4-5,7,9-13,15,20H,6,8,14,16-17H2,1-3H3,(H,27,28,29)/t20-/m1/s1. The third-order valence-electron chi connectivity index (χ3n) is 6.69. The topological polar surface area (TPSA) is 68.0 Å². The van der Waals surface area contributed by atoms with Gasteiger partial charge >= 0.3 is 5.69 Å². The molecule has 0 saturated carbocycles. The van der Waals surface area contributed by atoms with Crippen molar-refractivity contribution in [1.29, 1.82) is 0 Å². The molecule has 0 bridgehead atoms. The van der Waals surface area contributed by atoms with Crippen molar-refractivity contribution in [3.8, 4) is 0 Å². The smallest absolute Gasteiger partial charge is 0.325 e. The van der Waals surface area contributed by atoms with E-state index in [0.717, 1.165) is 66.4 Å². The summed E-state index contributed by atoms with van der Waals surface area (Å²) in [5.74, 6) is 2.08. The van der Waals surface area contributed by atoms with E-state index < -0.39 is 0 Å². The number of anilines is 2. The maximum absolute atomic E-state index is 12.3. The number of imidazole rings is 1. The van der Waals surface area contributed by atoms with Gasteiger partial charge in [-0.15, -0.1) is 0 Å². The Morgan fingerprint density at radius 2 is 1.91 bits per heavy atom. The van der Waals surface area contributed by atoms with Crippen LogP contribution in [-0.2, 0) is 20.6 Å². The second kappa shape index (κ2) is 8.83. The largest absolute Gasteiger partial charge is 0.328 e. The van der Waals surface area contributed by atoms with Crippen molar-refractivity contribution in [3.05, 3.63) is 82.0 Å². The Morgan fingerprint density at radius 1 is 1.06 bits per heavy atom. The van der Waals surface area contributed by atoms with E-state index in [9.17, 15) is 4.79 Å². The number of benzene rings is 1. The molecule has 1 fully saturated rings. The zero-order valence-electron chi connectivity index (χ0n) is 19.5. The minimum atomic E-state index is 0.0145. The minimum absolute atomic E-state index is 0.0145. The van der Waals surface area contributed by atoms with Gasteiger partial charge in [0, 0.05) is 45.0 Å². The quantitative estimate of drug-likeness (QED) is 0.504. The van der Waals surface area contributed by atoms with Crippen molar-refractivity contribution in [1.82, 2.24) is 24.0 Å². The molecule has 33 heavy (non-hydrogen) atoms. The maximum atomic E-state index is 12.3. The number of rotatable bonds is 5. The molecule has 7 heteroatoms. The van der Waals surface area contributed by atoms with Crippen LogP contribution in [0.25, 0.3) is 11.0 Å². The number of likely N-dealkylation sites (tertiary alicyclic amines) is 1. The molecule has 0 spiro atoms. The third-order valence-corrected chi connectivity index (χ3v) is 6.69. The van der Waals surface area contributed by atoms with Crippen LogP contribution < -0.4 is 11.0 Å². The highest BCUT2D eigenvalue weighted by Gasteiger charge is 2.23. The van der Waals surface area contributed by atoms with Crippen LogP contribution in [0.2, 0.25) is 0 Å². The van der Waals surface area contributed by atoms with Gasteiger partial charge in [-0.3, -0.25) is 14.0 Å². The maximum Gasteiger partial charge on any atom is 0.328 e. The van der Waals surface area contributed by atoms with Gasteiger partial charge in [-0.25, -0.2) is 14.8 Å². The molecule has 1 saturated heterocycles. The Balaban J connectivity index is 1.31. The zero-order valence-corrected chi connectivity index (χ0v) is 19.5. The van der Waals surface area contributed by atoms with Gasteiger partial charge < -0.3 is 5.32 Å². The average Bonchev–Trinajstić information content (AvgIpc) is 3.04. The summed E-state index contributed by atoms with van der Waals surface area (Å²) in [4.78, 5) is 24.1. The predicted octanol–water partition coefficient (Wildman–Crippen LogP) is 4.10. The average molecular weight is 443 g/mol. The van der Waals surface area contributed by atoms with Crippen LogP contribution in [0.5, 0.6) is 0 Å². The molecule has 7 nitrogen and oxygen atoms in total. The van der Waals surface area contributed by atoms with E-state index in [1.165, 1.54) is 5.56 Å². The Labute approximate surface area is 193 Å². The molecule has 0 radical (unpaired) electrons. The Hall–Kier alpha value is -3.45. The molecule has 0 amide bonds. The van der Waals surface area contributed by atoms with Crippen molar-refractivity contribution >= 4 is 22.7 Å². The van der Waals surface area contributed by atoms with Crippen LogP contribution in [0.15, 0.2) is 59.5 Å². The van der Waals surface area contributed by atoms with Gasteiger partial charge in [0.25, 0.3) is 0 Å².